The van der Waals surface area contributed by atoms with Crippen LogP contribution in [0.25, 0.3) is 22.6 Å². The van der Waals surface area contributed by atoms with E-state index in [1.54, 1.807) is 16.7 Å². The van der Waals surface area contributed by atoms with Crippen LogP contribution in [-0.2, 0) is 6.54 Å². The van der Waals surface area contributed by atoms with Crippen molar-refractivity contribution >= 4 is 40.1 Å². The summed E-state index contributed by atoms with van der Waals surface area (Å²) in [5, 5.41) is 16.9. The van der Waals surface area contributed by atoms with Crippen molar-refractivity contribution in [3.63, 3.8) is 0 Å². The highest BCUT2D eigenvalue weighted by Crippen LogP contribution is 2.31. The molecule has 3 rings (SSSR count). The second kappa shape index (κ2) is 4.67. The zero-order valence-corrected chi connectivity index (χ0v) is 11.4. The van der Waals surface area contributed by atoms with Crippen LogP contribution in [0.15, 0.2) is 16.8 Å². The molecule has 0 aliphatic carbocycles. The fourth-order valence-electron chi connectivity index (χ4n) is 1.88. The lowest BCUT2D eigenvalue weighted by atomic mass is 10.3. The number of nitriles is 1. The first kappa shape index (κ1) is 12.7. The first-order valence-corrected chi connectivity index (χ1v) is 6.18. The zero-order valence-electron chi connectivity index (χ0n) is 9.84. The van der Waals surface area contributed by atoms with E-state index in [2.05, 4.69) is 19.9 Å². The molecule has 1 aromatic carbocycles. The van der Waals surface area contributed by atoms with Crippen molar-refractivity contribution in [3.05, 3.63) is 22.2 Å². The van der Waals surface area contributed by atoms with E-state index in [-0.39, 0.29) is 18.1 Å². The summed E-state index contributed by atoms with van der Waals surface area (Å²) in [6.07, 6.45) is 0. The number of aromatic nitrogens is 4. The zero-order chi connectivity index (χ0) is 14.3. The molecular weight excluding hydrogens is 303 g/mol. The molecule has 7 nitrogen and oxygen atoms in total. The molecule has 0 bridgehead atoms. The smallest absolute Gasteiger partial charge is 0.199 e. The van der Waals surface area contributed by atoms with Gasteiger partial charge in [-0.1, -0.05) is 23.2 Å². The van der Waals surface area contributed by atoms with Crippen molar-refractivity contribution in [1.82, 2.24) is 19.9 Å². The van der Waals surface area contributed by atoms with Gasteiger partial charge in [-0.15, -0.1) is 0 Å². The molecule has 0 saturated heterocycles. The number of anilines is 1. The Morgan fingerprint density at radius 2 is 2.05 bits per heavy atom. The molecule has 0 spiro atoms. The Hall–Kier alpha value is -2.30. The quantitative estimate of drug-likeness (QED) is 0.779. The summed E-state index contributed by atoms with van der Waals surface area (Å²) in [4.78, 5) is 4.36. The van der Waals surface area contributed by atoms with Gasteiger partial charge in [-0.05, 0) is 22.4 Å². The monoisotopic (exact) mass is 308 g/mol. The number of imidazole rings is 1. The van der Waals surface area contributed by atoms with E-state index in [1.165, 1.54) is 0 Å². The van der Waals surface area contributed by atoms with Crippen molar-refractivity contribution in [2.24, 2.45) is 0 Å². The third kappa shape index (κ3) is 1.86. The molecule has 0 aliphatic rings. The highest BCUT2D eigenvalue weighted by atomic mass is 35.5. The van der Waals surface area contributed by atoms with E-state index in [9.17, 15) is 0 Å². The fraction of sp³-hybridized carbons (Fsp3) is 0.0909. The highest BCUT2D eigenvalue weighted by molar-refractivity contribution is 6.42. The van der Waals surface area contributed by atoms with Crippen LogP contribution in [0.5, 0.6) is 0 Å². The topological polar surface area (TPSA) is 107 Å². The molecule has 0 amide bonds. The van der Waals surface area contributed by atoms with Crippen LogP contribution in [0.4, 0.5) is 5.82 Å². The maximum Gasteiger partial charge on any atom is 0.199 e. The lowest BCUT2D eigenvalue weighted by molar-refractivity contribution is 0.310. The second-order valence-electron chi connectivity index (χ2n) is 3.93. The summed E-state index contributed by atoms with van der Waals surface area (Å²) in [5.74, 6) is 0.468. The summed E-state index contributed by atoms with van der Waals surface area (Å²) in [7, 11) is 0. The molecule has 20 heavy (non-hydrogen) atoms. The van der Waals surface area contributed by atoms with Gasteiger partial charge in [0.2, 0.25) is 0 Å². The molecule has 0 aliphatic heterocycles. The van der Waals surface area contributed by atoms with Crippen molar-refractivity contribution in [2.75, 3.05) is 5.73 Å². The molecular formula is C11H6Cl2N6O. The molecule has 0 fully saturated rings. The largest absolute Gasteiger partial charge is 0.379 e. The van der Waals surface area contributed by atoms with Gasteiger partial charge in [0, 0.05) is 0 Å². The predicted molar refractivity (Wildman–Crippen MR) is 73.1 cm³/mol. The van der Waals surface area contributed by atoms with Crippen LogP contribution in [0.2, 0.25) is 10.0 Å². The first-order valence-electron chi connectivity index (χ1n) is 5.42. The molecule has 0 unspecified atom stereocenters. The van der Waals surface area contributed by atoms with E-state index in [1.807, 2.05) is 6.07 Å². The predicted octanol–water partition coefficient (Wildman–Crippen LogP) is 2.50. The molecule has 2 heterocycles. The third-order valence-corrected chi connectivity index (χ3v) is 3.47. The van der Waals surface area contributed by atoms with Crippen molar-refractivity contribution < 1.29 is 4.63 Å². The average molecular weight is 309 g/mol. The van der Waals surface area contributed by atoms with Gasteiger partial charge in [-0.2, -0.15) is 5.26 Å². The Morgan fingerprint density at radius 3 is 2.70 bits per heavy atom. The number of nitrogens with zero attached hydrogens (tertiary/aromatic N) is 5. The minimum absolute atomic E-state index is 0.0517. The van der Waals surface area contributed by atoms with E-state index in [4.69, 9.17) is 34.2 Å². The van der Waals surface area contributed by atoms with Gasteiger partial charge in [0.05, 0.1) is 27.1 Å². The molecule has 0 radical (unpaired) electrons. The summed E-state index contributed by atoms with van der Waals surface area (Å²) in [6, 6.07) is 5.29. The normalized spacial score (nSPS) is 10.8. The Morgan fingerprint density at radius 1 is 1.30 bits per heavy atom. The van der Waals surface area contributed by atoms with Gasteiger partial charge < -0.3 is 10.3 Å². The summed E-state index contributed by atoms with van der Waals surface area (Å²) >= 11 is 12.0. The minimum Gasteiger partial charge on any atom is -0.379 e. The third-order valence-electron chi connectivity index (χ3n) is 2.74. The van der Waals surface area contributed by atoms with Gasteiger partial charge in [-0.25, -0.2) is 9.61 Å². The van der Waals surface area contributed by atoms with E-state index in [0.29, 0.717) is 26.9 Å². The van der Waals surface area contributed by atoms with Crippen LogP contribution in [-0.4, -0.2) is 19.9 Å². The number of halogens is 2. The summed E-state index contributed by atoms with van der Waals surface area (Å²) in [5.41, 5.74) is 7.16. The SMILES string of the molecule is N#CCn1c(-c2nonc2N)nc2cc(Cl)c(Cl)cc21. The molecule has 2 N–H and O–H groups in total. The van der Waals surface area contributed by atoms with Crippen LogP contribution in [0.1, 0.15) is 0 Å². The number of nitrogen functional groups attached to an aromatic ring is 1. The lowest BCUT2D eigenvalue weighted by Gasteiger charge is -2.02. The number of fused-ring (bicyclic) bond motifs is 1. The van der Waals surface area contributed by atoms with Crippen LogP contribution < -0.4 is 5.73 Å². The Balaban J connectivity index is 2.35. The minimum atomic E-state index is 0.0517. The first-order chi connectivity index (χ1) is 9.61. The Labute approximate surface area is 122 Å². The van der Waals surface area contributed by atoms with Crippen molar-refractivity contribution in [2.45, 2.75) is 6.54 Å². The van der Waals surface area contributed by atoms with Crippen molar-refractivity contribution in [3.8, 4) is 17.6 Å². The molecule has 2 aromatic heterocycles. The summed E-state index contributed by atoms with van der Waals surface area (Å²) in [6.45, 7) is 0.0517. The Bertz CT molecular complexity index is 847. The van der Waals surface area contributed by atoms with Crippen molar-refractivity contribution in [1.29, 1.82) is 5.26 Å². The maximum atomic E-state index is 8.96. The lowest BCUT2D eigenvalue weighted by Crippen LogP contribution is -2.00. The number of hydrogen-bond donors (Lipinski definition) is 1. The standard InChI is InChI=1S/C11H6Cl2N6O/c12-5-3-7-8(4-6(5)13)19(2-1-14)11(16-7)9-10(15)18-20-17-9/h3-4H,2H2,(H2,15,18). The highest BCUT2D eigenvalue weighted by Gasteiger charge is 2.19. The molecule has 0 atom stereocenters. The van der Waals surface area contributed by atoms with Crippen LogP contribution in [0, 0.1) is 11.3 Å². The number of hydrogen-bond acceptors (Lipinski definition) is 6. The van der Waals surface area contributed by atoms with Gasteiger partial charge in [0.1, 0.15) is 6.54 Å². The molecule has 9 heteroatoms. The Kier molecular flexibility index (Phi) is 2.97. The van der Waals surface area contributed by atoms with E-state index in [0.717, 1.165) is 0 Å². The van der Waals surface area contributed by atoms with Gasteiger partial charge in [0.25, 0.3) is 0 Å². The van der Waals surface area contributed by atoms with Crippen LogP contribution >= 0.6 is 23.2 Å². The number of rotatable bonds is 2. The molecule has 0 saturated carbocycles. The summed E-state index contributed by atoms with van der Waals surface area (Å²) < 4.78 is 6.18. The van der Waals surface area contributed by atoms with E-state index >= 15 is 0 Å². The van der Waals surface area contributed by atoms with E-state index < -0.39 is 0 Å². The molecule has 100 valence electrons. The van der Waals surface area contributed by atoms with Gasteiger partial charge in [-0.3, -0.25) is 0 Å². The molecule has 3 aromatic rings. The second-order valence-corrected chi connectivity index (χ2v) is 4.75. The fourth-order valence-corrected chi connectivity index (χ4v) is 2.20. The van der Waals surface area contributed by atoms with Gasteiger partial charge in [0.15, 0.2) is 17.3 Å². The average Bonchev–Trinajstić information content (AvgIpc) is 2.96. The van der Waals surface area contributed by atoms with Crippen LogP contribution in [0.3, 0.4) is 0 Å². The van der Waals surface area contributed by atoms with Gasteiger partial charge >= 0.3 is 0 Å². The number of benzene rings is 1. The maximum absolute atomic E-state index is 8.96. The number of nitrogens with two attached hydrogens (primary N) is 1.